The first-order valence-electron chi connectivity index (χ1n) is 9.62. The van der Waals surface area contributed by atoms with E-state index in [0.29, 0.717) is 24.9 Å². The molecule has 3 heterocycles. The number of hydrogen-bond donors (Lipinski definition) is 2. The van der Waals surface area contributed by atoms with Crippen LogP contribution in [0.15, 0.2) is 42.7 Å². The number of aromatic nitrogens is 2. The average molecular weight is 411 g/mol. The molecular formula is C20H24BN4O3S+. The second-order valence-electron chi connectivity index (χ2n) is 7.74. The van der Waals surface area contributed by atoms with Gasteiger partial charge in [-0.05, 0) is 24.5 Å². The average Bonchev–Trinajstić information content (AvgIpc) is 3.05. The summed E-state index contributed by atoms with van der Waals surface area (Å²) in [6, 6.07) is 9.68. The van der Waals surface area contributed by atoms with Gasteiger partial charge in [-0.2, -0.15) is 4.98 Å². The Morgan fingerprint density at radius 2 is 2.07 bits per heavy atom. The number of hydrogen-bond acceptors (Lipinski definition) is 5. The zero-order chi connectivity index (χ0) is 20.4. The second kappa shape index (κ2) is 8.10. The minimum atomic E-state index is -0.519. The Morgan fingerprint density at radius 3 is 2.76 bits per heavy atom. The van der Waals surface area contributed by atoms with Crippen molar-refractivity contribution in [3.8, 4) is 4.90 Å². The zero-order valence-corrected chi connectivity index (χ0v) is 17.6. The van der Waals surface area contributed by atoms with Crippen molar-refractivity contribution in [2.24, 2.45) is 5.41 Å². The van der Waals surface area contributed by atoms with E-state index >= 15 is 0 Å². The largest absolute Gasteiger partial charge is 0.493 e. The Morgan fingerprint density at radius 1 is 1.28 bits per heavy atom. The van der Waals surface area contributed by atoms with Crippen LogP contribution in [0.4, 0.5) is 9.93 Å². The first kappa shape index (κ1) is 19.8. The summed E-state index contributed by atoms with van der Waals surface area (Å²) in [4.78, 5) is 22.1. The van der Waals surface area contributed by atoms with Gasteiger partial charge in [0.25, 0.3) is 0 Å². The van der Waals surface area contributed by atoms with Gasteiger partial charge in [-0.3, -0.25) is 4.98 Å². The molecule has 3 aromatic rings. The fourth-order valence-electron chi connectivity index (χ4n) is 3.17. The molecule has 1 aliphatic heterocycles. The lowest BCUT2D eigenvalue weighted by molar-refractivity contribution is 0.0343. The molecule has 29 heavy (non-hydrogen) atoms. The number of carbonyl (C=O) groups is 1. The number of fused-ring (bicyclic) bond motifs is 1. The van der Waals surface area contributed by atoms with Crippen molar-refractivity contribution in [2.75, 3.05) is 25.1 Å². The number of thiazole rings is 1. The molecule has 0 radical (unpaired) electrons. The monoisotopic (exact) mass is 411 g/mol. The van der Waals surface area contributed by atoms with Crippen molar-refractivity contribution in [2.45, 2.75) is 20.8 Å². The minimum Gasteiger partial charge on any atom is -0.407 e. The standard InChI is InChI=1S/C20H23BN4O3S/c1-4-23-18(26)25-19-24-16-10-14(21-27-12-20(2,3)13-28-21)7-8-17(16)29(19)15-6-5-9-22-11-15/h5-11H,4,12-13H2,1-3H3,(H-,23,24,25,26)/p+1. The molecular weight excluding hydrogens is 387 g/mol. The van der Waals surface area contributed by atoms with Gasteiger partial charge in [0.15, 0.2) is 0 Å². The lowest BCUT2D eigenvalue weighted by Crippen LogP contribution is -2.47. The van der Waals surface area contributed by atoms with Crippen molar-refractivity contribution in [3.63, 3.8) is 0 Å². The fourth-order valence-corrected chi connectivity index (χ4v) is 5.14. The zero-order valence-electron chi connectivity index (χ0n) is 16.8. The topological polar surface area (TPSA) is 85.4 Å². The van der Waals surface area contributed by atoms with Crippen LogP contribution in [0, 0.1) is 5.41 Å². The van der Waals surface area contributed by atoms with Crippen molar-refractivity contribution >= 4 is 44.4 Å². The smallest absolute Gasteiger partial charge is 0.407 e. The van der Waals surface area contributed by atoms with E-state index in [4.69, 9.17) is 14.3 Å². The molecule has 2 aromatic heterocycles. The van der Waals surface area contributed by atoms with E-state index in [1.54, 1.807) is 6.20 Å². The lowest BCUT2D eigenvalue weighted by atomic mass is 9.76. The quantitative estimate of drug-likeness (QED) is 0.509. The summed E-state index contributed by atoms with van der Waals surface area (Å²) < 4.78 is 12.9. The van der Waals surface area contributed by atoms with Crippen LogP contribution in [0.25, 0.3) is 15.1 Å². The van der Waals surface area contributed by atoms with E-state index in [-0.39, 0.29) is 11.4 Å². The number of rotatable bonds is 4. The van der Waals surface area contributed by atoms with Crippen LogP contribution >= 0.6 is 10.5 Å². The van der Waals surface area contributed by atoms with Crippen molar-refractivity contribution in [1.29, 1.82) is 0 Å². The molecule has 1 saturated heterocycles. The number of benzene rings is 1. The summed E-state index contributed by atoms with van der Waals surface area (Å²) in [7, 11) is -0.918. The molecule has 1 fully saturated rings. The Kier molecular flexibility index (Phi) is 5.53. The first-order valence-corrected chi connectivity index (χ1v) is 10.8. The summed E-state index contributed by atoms with van der Waals surface area (Å²) in [5.74, 6) is 0. The van der Waals surface area contributed by atoms with E-state index in [1.165, 1.54) is 0 Å². The van der Waals surface area contributed by atoms with Crippen LogP contribution < -0.4 is 16.1 Å². The molecule has 0 aliphatic carbocycles. The van der Waals surface area contributed by atoms with Gasteiger partial charge in [0, 0.05) is 43.5 Å². The number of nitrogens with zero attached hydrogens (tertiary/aromatic N) is 2. The van der Waals surface area contributed by atoms with E-state index in [9.17, 15) is 4.79 Å². The maximum Gasteiger partial charge on any atom is 0.493 e. The van der Waals surface area contributed by atoms with Crippen LogP contribution in [0.3, 0.4) is 0 Å². The molecule has 7 nitrogen and oxygen atoms in total. The number of pyridine rings is 1. The molecule has 1 aromatic carbocycles. The van der Waals surface area contributed by atoms with Crippen molar-refractivity contribution in [1.82, 2.24) is 15.3 Å². The van der Waals surface area contributed by atoms with Gasteiger partial charge in [0.1, 0.15) is 5.52 Å². The second-order valence-corrected chi connectivity index (χ2v) is 9.65. The molecule has 0 saturated carbocycles. The highest BCUT2D eigenvalue weighted by molar-refractivity contribution is 7.47. The summed E-state index contributed by atoms with van der Waals surface area (Å²) in [5.41, 5.74) is 1.76. The maximum absolute atomic E-state index is 12.1. The molecule has 150 valence electrons. The normalized spacial score (nSPS) is 16.7. The SMILES string of the molecule is CCNC(=O)Nc1nc2cc(B3OCC(C)(C)CO3)ccc2[s+]1-c1cccnc1. The predicted molar refractivity (Wildman–Crippen MR) is 117 cm³/mol. The van der Waals surface area contributed by atoms with Crippen LogP contribution in [0.2, 0.25) is 0 Å². The van der Waals surface area contributed by atoms with Gasteiger partial charge >= 0.3 is 18.3 Å². The van der Waals surface area contributed by atoms with E-state index < -0.39 is 17.6 Å². The number of amides is 2. The molecule has 1 unspecified atom stereocenters. The van der Waals surface area contributed by atoms with Gasteiger partial charge in [-0.1, -0.05) is 19.9 Å². The third-order valence-electron chi connectivity index (χ3n) is 4.57. The minimum absolute atomic E-state index is 0.0158. The maximum atomic E-state index is 12.1. The van der Waals surface area contributed by atoms with E-state index in [2.05, 4.69) is 29.5 Å². The van der Waals surface area contributed by atoms with Crippen molar-refractivity contribution in [3.05, 3.63) is 42.7 Å². The fraction of sp³-hybridized carbons (Fsp3) is 0.350. The molecule has 1 atom stereocenters. The van der Waals surface area contributed by atoms with Gasteiger partial charge in [-0.15, -0.1) is 0 Å². The molecule has 2 amide bonds. The Bertz CT molecular complexity index is 1020. The highest BCUT2D eigenvalue weighted by Gasteiger charge is 2.35. The lowest BCUT2D eigenvalue weighted by Gasteiger charge is -2.33. The van der Waals surface area contributed by atoms with E-state index in [0.717, 1.165) is 20.6 Å². The van der Waals surface area contributed by atoms with Gasteiger partial charge < -0.3 is 14.6 Å². The molecule has 0 bridgehead atoms. The molecule has 0 spiro atoms. The summed E-state index contributed by atoms with van der Waals surface area (Å²) in [6.45, 7) is 7.95. The van der Waals surface area contributed by atoms with Crippen LogP contribution in [-0.2, 0) is 9.31 Å². The van der Waals surface area contributed by atoms with Crippen LogP contribution in [0.1, 0.15) is 20.8 Å². The first-order chi connectivity index (χ1) is 14.0. The Labute approximate surface area is 173 Å². The molecule has 4 rings (SSSR count). The third kappa shape index (κ3) is 4.27. The van der Waals surface area contributed by atoms with Crippen LogP contribution in [0.5, 0.6) is 0 Å². The predicted octanol–water partition coefficient (Wildman–Crippen LogP) is 3.28. The molecule has 9 heteroatoms. The van der Waals surface area contributed by atoms with Gasteiger partial charge in [0.2, 0.25) is 9.60 Å². The third-order valence-corrected chi connectivity index (χ3v) is 6.65. The number of carbonyl (C=O) groups excluding carboxylic acids is 1. The van der Waals surface area contributed by atoms with E-state index in [1.807, 2.05) is 43.5 Å². The van der Waals surface area contributed by atoms with Crippen LogP contribution in [-0.4, -0.2) is 42.9 Å². The van der Waals surface area contributed by atoms with Gasteiger partial charge in [0.05, 0.1) is 16.7 Å². The number of urea groups is 1. The summed E-state index contributed by atoms with van der Waals surface area (Å²) >= 11 is 0. The van der Waals surface area contributed by atoms with Gasteiger partial charge in [-0.25, -0.2) is 10.1 Å². The summed E-state index contributed by atoms with van der Waals surface area (Å²) in [5, 5.41) is 6.28. The molecule has 2 N–H and O–H groups in total. The highest BCUT2D eigenvalue weighted by atomic mass is 32.2. The highest BCUT2D eigenvalue weighted by Crippen LogP contribution is 2.44. The Hall–Kier alpha value is -2.49. The molecule has 1 aliphatic rings. The number of anilines is 1. The number of nitrogens with one attached hydrogen (secondary N) is 2. The Balaban J connectivity index is 1.72. The summed E-state index contributed by atoms with van der Waals surface area (Å²) in [6.07, 6.45) is 3.55. The van der Waals surface area contributed by atoms with Crippen molar-refractivity contribution < 1.29 is 14.1 Å².